The number of rotatable bonds is 2. The van der Waals surface area contributed by atoms with Crippen LogP contribution in [0, 0.1) is 0 Å². The molecule has 0 saturated carbocycles. The van der Waals surface area contributed by atoms with Gasteiger partial charge < -0.3 is 23.9 Å². The van der Waals surface area contributed by atoms with Crippen molar-refractivity contribution < 1.29 is 13.9 Å². The summed E-state index contributed by atoms with van der Waals surface area (Å²) in [7, 11) is 0. The Bertz CT molecular complexity index is 841. The minimum absolute atomic E-state index is 0.115. The molecule has 0 spiro atoms. The van der Waals surface area contributed by atoms with Crippen molar-refractivity contribution >= 4 is 28.7 Å². The second kappa shape index (κ2) is 7.60. The molecular formula is C20H26N4O3. The number of carbonyl (C=O) groups excluding carboxylic acids is 1. The van der Waals surface area contributed by atoms with Crippen LogP contribution < -0.4 is 4.90 Å². The summed E-state index contributed by atoms with van der Waals surface area (Å²) in [6.07, 6.45) is 0.895. The van der Waals surface area contributed by atoms with Gasteiger partial charge in [-0.1, -0.05) is 18.2 Å². The fourth-order valence-electron chi connectivity index (χ4n) is 3.57. The number of aromatic nitrogens is 1. The van der Waals surface area contributed by atoms with Crippen molar-refractivity contribution in [2.75, 3.05) is 57.4 Å². The van der Waals surface area contributed by atoms with Crippen LogP contribution >= 0.6 is 0 Å². The van der Waals surface area contributed by atoms with Crippen LogP contribution in [0.4, 0.5) is 10.8 Å². The van der Waals surface area contributed by atoms with Gasteiger partial charge in [-0.05, 0) is 31.0 Å². The topological polar surface area (TPSA) is 62.1 Å². The van der Waals surface area contributed by atoms with E-state index >= 15 is 0 Å². The normalized spacial score (nSPS) is 18.6. The molecule has 2 fully saturated rings. The van der Waals surface area contributed by atoms with Crippen LogP contribution in [0.1, 0.15) is 18.9 Å². The summed E-state index contributed by atoms with van der Waals surface area (Å²) in [6.45, 7) is 11.5. The van der Waals surface area contributed by atoms with Crippen LogP contribution in [0.3, 0.4) is 0 Å². The van der Waals surface area contributed by atoms with Gasteiger partial charge in [0, 0.05) is 39.3 Å². The van der Waals surface area contributed by atoms with Crippen molar-refractivity contribution in [1.29, 1.82) is 0 Å². The predicted octanol–water partition coefficient (Wildman–Crippen LogP) is 2.83. The molecule has 1 aromatic heterocycles. The molecule has 7 nitrogen and oxygen atoms in total. The summed E-state index contributed by atoms with van der Waals surface area (Å²) in [5.41, 5.74) is 3.70. The van der Waals surface area contributed by atoms with E-state index in [4.69, 9.17) is 9.15 Å². The second-order valence-corrected chi connectivity index (χ2v) is 7.17. The van der Waals surface area contributed by atoms with E-state index in [0.717, 1.165) is 48.3 Å². The van der Waals surface area contributed by atoms with Crippen molar-refractivity contribution in [2.24, 2.45) is 0 Å². The van der Waals surface area contributed by atoms with Gasteiger partial charge in [-0.3, -0.25) is 0 Å². The van der Waals surface area contributed by atoms with Crippen LogP contribution in [-0.2, 0) is 4.74 Å². The van der Waals surface area contributed by atoms with Crippen molar-refractivity contribution in [2.45, 2.75) is 13.3 Å². The third kappa shape index (κ3) is 3.78. The number of carbonyl (C=O) groups is 1. The highest BCUT2D eigenvalue weighted by molar-refractivity contribution is 5.80. The lowest BCUT2D eigenvalue weighted by Crippen LogP contribution is -2.49. The maximum absolute atomic E-state index is 12.7. The number of oxazole rings is 1. The fourth-order valence-corrected chi connectivity index (χ4v) is 3.57. The van der Waals surface area contributed by atoms with E-state index in [1.54, 1.807) is 0 Å². The van der Waals surface area contributed by atoms with Gasteiger partial charge >= 0.3 is 6.03 Å². The van der Waals surface area contributed by atoms with Crippen molar-refractivity contribution in [1.82, 2.24) is 14.8 Å². The summed E-state index contributed by atoms with van der Waals surface area (Å²) >= 11 is 0. The average molecular weight is 370 g/mol. The van der Waals surface area contributed by atoms with Crippen molar-refractivity contribution in [3.05, 3.63) is 30.3 Å². The molecule has 3 heterocycles. The maximum atomic E-state index is 12.7. The Morgan fingerprint density at radius 1 is 1.07 bits per heavy atom. The summed E-state index contributed by atoms with van der Waals surface area (Å²) in [5.74, 6) is 0. The number of hydrogen-bond donors (Lipinski definition) is 0. The van der Waals surface area contributed by atoms with Crippen LogP contribution in [0.15, 0.2) is 29.2 Å². The van der Waals surface area contributed by atoms with Crippen LogP contribution in [0.5, 0.6) is 0 Å². The zero-order valence-corrected chi connectivity index (χ0v) is 15.8. The van der Waals surface area contributed by atoms with Gasteiger partial charge in [0.2, 0.25) is 0 Å². The van der Waals surface area contributed by atoms with Gasteiger partial charge in [-0.2, -0.15) is 4.98 Å². The minimum Gasteiger partial charge on any atom is -0.423 e. The van der Waals surface area contributed by atoms with Crippen LogP contribution in [-0.4, -0.2) is 73.3 Å². The highest BCUT2D eigenvalue weighted by Crippen LogP contribution is 2.25. The molecule has 4 rings (SSSR count). The molecule has 27 heavy (non-hydrogen) atoms. The number of nitrogens with zero attached hydrogens (tertiary/aromatic N) is 4. The Hall–Kier alpha value is -2.54. The number of ether oxygens (including phenoxy) is 1. The maximum Gasteiger partial charge on any atom is 0.320 e. The lowest BCUT2D eigenvalue weighted by molar-refractivity contribution is 0.0438. The quantitative estimate of drug-likeness (QED) is 0.813. The monoisotopic (exact) mass is 370 g/mol. The zero-order chi connectivity index (χ0) is 18.8. The molecule has 0 atom stereocenters. The van der Waals surface area contributed by atoms with E-state index < -0.39 is 0 Å². The first-order valence-corrected chi connectivity index (χ1v) is 9.55. The predicted molar refractivity (Wildman–Crippen MR) is 105 cm³/mol. The first-order valence-electron chi connectivity index (χ1n) is 9.55. The molecule has 2 aromatic rings. The first-order chi connectivity index (χ1) is 13.1. The highest BCUT2D eigenvalue weighted by atomic mass is 16.5. The smallest absolute Gasteiger partial charge is 0.320 e. The van der Waals surface area contributed by atoms with Crippen LogP contribution in [0.2, 0.25) is 0 Å². The van der Waals surface area contributed by atoms with E-state index in [9.17, 15) is 4.79 Å². The second-order valence-electron chi connectivity index (χ2n) is 7.17. The number of allylic oxidation sites excluding steroid dienone is 1. The highest BCUT2D eigenvalue weighted by Gasteiger charge is 2.26. The Labute approximate surface area is 159 Å². The number of amides is 2. The summed E-state index contributed by atoms with van der Waals surface area (Å²) in [4.78, 5) is 23.3. The van der Waals surface area contributed by atoms with Gasteiger partial charge in [-0.25, -0.2) is 4.79 Å². The molecule has 7 heteroatoms. The Morgan fingerprint density at radius 2 is 1.85 bits per heavy atom. The zero-order valence-electron chi connectivity index (χ0n) is 15.8. The van der Waals surface area contributed by atoms with Gasteiger partial charge in [-0.15, -0.1) is 0 Å². The number of benzene rings is 1. The summed E-state index contributed by atoms with van der Waals surface area (Å²) in [6, 6.07) is 6.71. The fraction of sp³-hybridized carbons (Fsp3) is 0.500. The third-order valence-electron chi connectivity index (χ3n) is 5.19. The lowest BCUT2D eigenvalue weighted by Gasteiger charge is -2.32. The molecule has 1 aromatic carbocycles. The Balaban J connectivity index is 1.45. The number of anilines is 1. The third-order valence-corrected chi connectivity index (χ3v) is 5.19. The van der Waals surface area contributed by atoms with E-state index in [1.807, 2.05) is 34.9 Å². The number of morpholine rings is 1. The summed E-state index contributed by atoms with van der Waals surface area (Å²) < 4.78 is 11.3. The molecule has 0 unspecified atom stereocenters. The minimum atomic E-state index is 0.115. The number of fused-ring (bicyclic) bond motifs is 1. The summed E-state index contributed by atoms with van der Waals surface area (Å²) in [5, 5.41) is 0. The molecule has 2 aliphatic heterocycles. The van der Waals surface area contributed by atoms with Gasteiger partial charge in [0.1, 0.15) is 5.52 Å². The van der Waals surface area contributed by atoms with Gasteiger partial charge in [0.25, 0.3) is 6.01 Å². The van der Waals surface area contributed by atoms with Crippen molar-refractivity contribution in [3.8, 4) is 0 Å². The molecule has 144 valence electrons. The molecular weight excluding hydrogens is 344 g/mol. The van der Waals surface area contributed by atoms with E-state index in [2.05, 4.69) is 16.5 Å². The molecule has 2 amide bonds. The van der Waals surface area contributed by atoms with E-state index in [1.165, 1.54) is 0 Å². The Kier molecular flexibility index (Phi) is 5.03. The molecule has 0 radical (unpaired) electrons. The number of urea groups is 1. The molecule has 0 N–H and O–H groups in total. The van der Waals surface area contributed by atoms with Crippen molar-refractivity contribution in [3.63, 3.8) is 0 Å². The molecule has 0 bridgehead atoms. The first kappa shape index (κ1) is 17.9. The molecule has 2 saturated heterocycles. The Morgan fingerprint density at radius 3 is 2.63 bits per heavy atom. The van der Waals surface area contributed by atoms with E-state index in [-0.39, 0.29) is 6.03 Å². The largest absolute Gasteiger partial charge is 0.423 e. The average Bonchev–Trinajstić information content (AvgIpc) is 2.96. The van der Waals surface area contributed by atoms with Gasteiger partial charge in [0.15, 0.2) is 5.58 Å². The molecule has 2 aliphatic rings. The number of hydrogen-bond acceptors (Lipinski definition) is 5. The lowest BCUT2D eigenvalue weighted by atomic mass is 10.1. The molecule has 0 aliphatic carbocycles. The van der Waals surface area contributed by atoms with Crippen LogP contribution in [0.25, 0.3) is 16.7 Å². The van der Waals surface area contributed by atoms with Gasteiger partial charge in [0.05, 0.1) is 13.2 Å². The SMILES string of the molecule is C=C(C)c1ccc2oc(N3CCCN(C(=O)N4CCOCC4)CC3)nc2c1. The standard InChI is InChI=1S/C20H26N4O3/c1-15(2)16-4-5-18-17(14-16)21-19(27-18)22-6-3-7-23(9-8-22)20(25)24-10-12-26-13-11-24/h4-5,14H,1,3,6-13H2,2H3. The van der Waals surface area contributed by atoms with E-state index in [0.29, 0.717) is 38.9 Å².